The highest BCUT2D eigenvalue weighted by Gasteiger charge is 2.38. The van der Waals surface area contributed by atoms with Gasteiger partial charge in [0, 0.05) is 52.7 Å². The number of nitrogens with zero attached hydrogens (tertiary/aromatic N) is 5. The zero-order chi connectivity index (χ0) is 24.9. The Balaban J connectivity index is 1.52. The summed E-state index contributed by atoms with van der Waals surface area (Å²) in [5.74, 6) is -0.552. The Hall–Kier alpha value is -3.03. The number of likely N-dealkylation sites (tertiary alicyclic amines) is 1. The fraction of sp³-hybridized carbons (Fsp3) is 0.423. The highest BCUT2D eigenvalue weighted by Crippen LogP contribution is 2.38. The van der Waals surface area contributed by atoms with Gasteiger partial charge in [-0.15, -0.1) is 0 Å². The van der Waals surface area contributed by atoms with E-state index in [0.717, 1.165) is 11.1 Å². The molecule has 5 unspecified atom stereocenters. The summed E-state index contributed by atoms with van der Waals surface area (Å²) in [4.78, 5) is 4.08. The molecule has 5 atom stereocenters. The van der Waals surface area contributed by atoms with Gasteiger partial charge in [0.1, 0.15) is 24.3 Å². The third-order valence-electron chi connectivity index (χ3n) is 7.46. The molecule has 1 aliphatic carbocycles. The zero-order valence-electron chi connectivity index (χ0n) is 20.2. The summed E-state index contributed by atoms with van der Waals surface area (Å²) in [5.41, 5.74) is 9.80. The molecule has 1 aromatic carbocycles. The second-order valence-corrected chi connectivity index (χ2v) is 9.72. The fourth-order valence-electron chi connectivity index (χ4n) is 5.33. The molecule has 0 saturated carbocycles. The van der Waals surface area contributed by atoms with Gasteiger partial charge < -0.3 is 15.6 Å². The summed E-state index contributed by atoms with van der Waals surface area (Å²) in [6.45, 7) is 0.897. The number of hydrogen-bond acceptors (Lipinski definition) is 7. The van der Waals surface area contributed by atoms with Crippen LogP contribution in [0.5, 0.6) is 0 Å². The van der Waals surface area contributed by atoms with Gasteiger partial charge in [0.25, 0.3) is 0 Å². The largest absolute Gasteiger partial charge is 0.352 e. The third kappa shape index (κ3) is 4.28. The van der Waals surface area contributed by atoms with E-state index in [4.69, 9.17) is 5.73 Å². The van der Waals surface area contributed by atoms with Crippen molar-refractivity contribution in [3.8, 4) is 6.07 Å². The van der Waals surface area contributed by atoms with Crippen LogP contribution in [-0.4, -0.2) is 78.6 Å². The first-order chi connectivity index (χ1) is 16.8. The van der Waals surface area contributed by atoms with E-state index in [9.17, 15) is 14.0 Å². The van der Waals surface area contributed by atoms with Gasteiger partial charge in [0.05, 0.1) is 17.6 Å². The lowest BCUT2D eigenvalue weighted by molar-refractivity contribution is 0.00153. The molecule has 5 rings (SSSR count). The van der Waals surface area contributed by atoms with Gasteiger partial charge in [-0.3, -0.25) is 10.2 Å². The molecule has 3 aliphatic heterocycles. The molecule has 7 nitrogen and oxygen atoms in total. The SMILES string of the molecule is CN1C=C(C2=CC3=CN(C)N(C)C3C=C2)C(c2ccc(C#N)c(F)c2)NC1N1CCC(N)C(F)C1. The predicted octanol–water partition coefficient (Wildman–Crippen LogP) is 2.35. The van der Waals surface area contributed by atoms with E-state index in [-0.39, 0.29) is 30.5 Å². The van der Waals surface area contributed by atoms with Crippen LogP contribution in [0.4, 0.5) is 8.78 Å². The summed E-state index contributed by atoms with van der Waals surface area (Å²) >= 11 is 0. The van der Waals surface area contributed by atoms with Crippen LogP contribution < -0.4 is 11.1 Å². The molecule has 0 amide bonds. The van der Waals surface area contributed by atoms with Gasteiger partial charge in [-0.2, -0.15) is 5.26 Å². The van der Waals surface area contributed by atoms with Gasteiger partial charge in [0.15, 0.2) is 0 Å². The van der Waals surface area contributed by atoms with Crippen LogP contribution in [0.2, 0.25) is 0 Å². The minimum Gasteiger partial charge on any atom is -0.352 e. The number of hydrazine groups is 1. The number of rotatable bonds is 3. The molecule has 1 aromatic rings. The van der Waals surface area contributed by atoms with Gasteiger partial charge in [0.2, 0.25) is 0 Å². The number of alkyl halides is 1. The van der Waals surface area contributed by atoms with Crippen molar-refractivity contribution in [3.63, 3.8) is 0 Å². The number of allylic oxidation sites excluding steroid dienone is 1. The molecule has 0 radical (unpaired) electrons. The smallest absolute Gasteiger partial charge is 0.141 e. The first kappa shape index (κ1) is 23.7. The monoisotopic (exact) mass is 479 g/mol. The molecule has 1 saturated heterocycles. The molecule has 35 heavy (non-hydrogen) atoms. The van der Waals surface area contributed by atoms with Gasteiger partial charge in [-0.1, -0.05) is 18.2 Å². The molecular weight excluding hydrogens is 448 g/mol. The number of nitrogens with two attached hydrogens (primary N) is 1. The standard InChI is InChI=1S/C26H31F2N7/c1-32-14-20(16-6-7-24-19(10-16)13-33(2)34(24)3)25(17-4-5-18(12-29)21(27)11-17)31-26(32)35-9-8-23(30)22(28)15-35/h4-7,10-11,13-14,22-26,31H,8-9,15,30H2,1-3H3. The number of nitrogens with one attached hydrogen (secondary N) is 1. The number of fused-ring (bicyclic) bond motifs is 1. The van der Waals surface area contributed by atoms with Gasteiger partial charge in [-0.25, -0.2) is 13.8 Å². The van der Waals surface area contributed by atoms with Crippen LogP contribution in [0.3, 0.4) is 0 Å². The minimum atomic E-state index is -1.10. The molecule has 0 bridgehead atoms. The van der Waals surface area contributed by atoms with Crippen LogP contribution >= 0.6 is 0 Å². The highest BCUT2D eigenvalue weighted by molar-refractivity contribution is 5.55. The summed E-state index contributed by atoms with van der Waals surface area (Å²) in [6.07, 6.45) is 9.78. The number of likely N-dealkylation sites (N-methyl/N-ethyl adjacent to an activating group) is 1. The Bertz CT molecular complexity index is 1170. The van der Waals surface area contributed by atoms with Crippen LogP contribution in [0.1, 0.15) is 23.6 Å². The summed E-state index contributed by atoms with van der Waals surface area (Å²) in [6, 6.07) is 5.99. The Labute approximate surface area is 205 Å². The van der Waals surface area contributed by atoms with Crippen LogP contribution in [0.15, 0.2) is 65.5 Å². The van der Waals surface area contributed by atoms with Gasteiger partial charge >= 0.3 is 0 Å². The molecule has 4 aliphatic rings. The Kier molecular flexibility index (Phi) is 6.23. The summed E-state index contributed by atoms with van der Waals surface area (Å²) in [5, 5.41) is 17.0. The minimum absolute atomic E-state index is 0.0100. The van der Waals surface area contributed by atoms with Crippen molar-refractivity contribution in [2.24, 2.45) is 5.73 Å². The molecule has 3 heterocycles. The van der Waals surface area contributed by atoms with Crippen molar-refractivity contribution in [2.75, 3.05) is 34.2 Å². The first-order valence-electron chi connectivity index (χ1n) is 11.9. The average Bonchev–Trinajstić information content (AvgIpc) is 3.13. The van der Waals surface area contributed by atoms with E-state index in [1.807, 2.05) is 37.0 Å². The normalized spacial score (nSPS) is 31.6. The van der Waals surface area contributed by atoms with E-state index in [2.05, 4.69) is 46.0 Å². The third-order valence-corrected chi connectivity index (χ3v) is 7.46. The van der Waals surface area contributed by atoms with Crippen molar-refractivity contribution in [1.29, 1.82) is 5.26 Å². The summed E-state index contributed by atoms with van der Waals surface area (Å²) in [7, 11) is 6.01. The number of nitriles is 1. The van der Waals surface area contributed by atoms with Crippen molar-refractivity contribution < 1.29 is 8.78 Å². The lowest BCUT2D eigenvalue weighted by Crippen LogP contribution is -2.62. The maximum Gasteiger partial charge on any atom is 0.141 e. The van der Waals surface area contributed by atoms with E-state index >= 15 is 0 Å². The number of hydrogen-bond donors (Lipinski definition) is 2. The Morgan fingerprint density at radius 3 is 2.71 bits per heavy atom. The molecule has 0 aromatic heterocycles. The van der Waals surface area contributed by atoms with E-state index in [1.54, 1.807) is 6.07 Å². The van der Waals surface area contributed by atoms with Gasteiger partial charge in [-0.05, 0) is 46.9 Å². The number of piperidine rings is 1. The lowest BCUT2D eigenvalue weighted by Gasteiger charge is -2.47. The zero-order valence-corrected chi connectivity index (χ0v) is 20.2. The van der Waals surface area contributed by atoms with Crippen LogP contribution in [0.25, 0.3) is 0 Å². The predicted molar refractivity (Wildman–Crippen MR) is 130 cm³/mol. The molecule has 9 heteroatoms. The molecule has 184 valence electrons. The molecule has 0 spiro atoms. The quantitative estimate of drug-likeness (QED) is 0.690. The summed E-state index contributed by atoms with van der Waals surface area (Å²) < 4.78 is 29.1. The van der Waals surface area contributed by atoms with E-state index < -0.39 is 18.0 Å². The highest BCUT2D eigenvalue weighted by atomic mass is 19.1. The first-order valence-corrected chi connectivity index (χ1v) is 11.9. The molecule has 1 fully saturated rings. The van der Waals surface area contributed by atoms with E-state index in [1.165, 1.54) is 17.7 Å². The van der Waals surface area contributed by atoms with Crippen molar-refractivity contribution in [1.82, 2.24) is 25.1 Å². The topological polar surface area (TPSA) is 74.8 Å². The maximum atomic E-state index is 14.7. The lowest BCUT2D eigenvalue weighted by atomic mass is 9.86. The Morgan fingerprint density at radius 1 is 1.20 bits per heavy atom. The molecule has 3 N–H and O–H groups in total. The number of halogens is 2. The number of benzene rings is 1. The second kappa shape index (κ2) is 9.21. The molecular formula is C26H31F2N7. The van der Waals surface area contributed by atoms with Crippen molar-refractivity contribution in [3.05, 3.63) is 82.5 Å². The Morgan fingerprint density at radius 2 is 2.00 bits per heavy atom. The van der Waals surface area contributed by atoms with Crippen molar-refractivity contribution in [2.45, 2.75) is 37.0 Å². The fourth-order valence-corrected chi connectivity index (χ4v) is 5.33. The maximum absolute atomic E-state index is 14.7. The van der Waals surface area contributed by atoms with E-state index in [0.29, 0.717) is 18.5 Å². The van der Waals surface area contributed by atoms with Crippen molar-refractivity contribution >= 4 is 0 Å². The second-order valence-electron chi connectivity index (χ2n) is 9.72. The van der Waals surface area contributed by atoms with Crippen LogP contribution in [-0.2, 0) is 0 Å². The average molecular weight is 480 g/mol. The van der Waals surface area contributed by atoms with Crippen LogP contribution in [0, 0.1) is 17.1 Å².